The maximum absolute atomic E-state index is 12.9. The van der Waals surface area contributed by atoms with Gasteiger partial charge in [-0.3, -0.25) is 4.79 Å². The molecule has 0 N–H and O–H groups in total. The second-order valence-electron chi connectivity index (χ2n) is 5.86. The smallest absolute Gasteiger partial charge is 0.387 e. The zero-order chi connectivity index (χ0) is 18.8. The molecule has 0 fully saturated rings. The van der Waals surface area contributed by atoms with Crippen LogP contribution in [0, 0.1) is 0 Å². The topological polar surface area (TPSA) is 44.1 Å². The SMILES string of the molecule is O=c1c2ccccc2c(-c2cccs2)nn1Cc1cccc(OC(F)F)c1. The van der Waals surface area contributed by atoms with Gasteiger partial charge in [0.15, 0.2) is 0 Å². The number of benzene rings is 2. The molecule has 0 unspecified atom stereocenters. The van der Waals surface area contributed by atoms with Crippen LogP contribution in [0.25, 0.3) is 21.3 Å². The van der Waals surface area contributed by atoms with E-state index in [1.165, 1.54) is 28.2 Å². The Morgan fingerprint density at radius 3 is 2.59 bits per heavy atom. The van der Waals surface area contributed by atoms with E-state index in [2.05, 4.69) is 9.84 Å². The summed E-state index contributed by atoms with van der Waals surface area (Å²) in [5.74, 6) is 0.0508. The molecule has 4 nitrogen and oxygen atoms in total. The van der Waals surface area contributed by atoms with Crippen molar-refractivity contribution >= 4 is 22.1 Å². The lowest BCUT2D eigenvalue weighted by Crippen LogP contribution is -2.24. The molecule has 0 aliphatic heterocycles. The predicted molar refractivity (Wildman–Crippen MR) is 101 cm³/mol. The second kappa shape index (κ2) is 7.28. The Bertz CT molecular complexity index is 1140. The van der Waals surface area contributed by atoms with Crippen molar-refractivity contribution in [2.45, 2.75) is 13.2 Å². The van der Waals surface area contributed by atoms with E-state index in [9.17, 15) is 13.6 Å². The largest absolute Gasteiger partial charge is 0.435 e. The Labute approximate surface area is 157 Å². The molecule has 4 aromatic rings. The summed E-state index contributed by atoms with van der Waals surface area (Å²) in [6, 6.07) is 17.5. The van der Waals surface area contributed by atoms with Crippen LogP contribution in [0.2, 0.25) is 0 Å². The Kier molecular flexibility index (Phi) is 4.68. The molecule has 0 amide bonds. The average Bonchev–Trinajstić information content (AvgIpc) is 3.18. The quantitative estimate of drug-likeness (QED) is 0.498. The summed E-state index contributed by atoms with van der Waals surface area (Å²) in [6.45, 7) is -2.74. The van der Waals surface area contributed by atoms with Crippen molar-refractivity contribution in [3.05, 3.63) is 82.0 Å². The number of hydrogen-bond acceptors (Lipinski definition) is 4. The van der Waals surface area contributed by atoms with Crippen molar-refractivity contribution in [1.29, 1.82) is 0 Å². The lowest BCUT2D eigenvalue weighted by molar-refractivity contribution is -0.0498. The molecule has 7 heteroatoms. The van der Waals surface area contributed by atoms with Gasteiger partial charge in [0.2, 0.25) is 0 Å². The maximum atomic E-state index is 12.9. The van der Waals surface area contributed by atoms with Crippen LogP contribution in [-0.4, -0.2) is 16.4 Å². The molecule has 0 bridgehead atoms. The number of hydrogen-bond donors (Lipinski definition) is 0. The average molecular weight is 384 g/mol. The molecule has 0 atom stereocenters. The minimum Gasteiger partial charge on any atom is -0.435 e. The number of ether oxygens (including phenoxy) is 1. The third kappa shape index (κ3) is 3.59. The Morgan fingerprint density at radius 1 is 1.04 bits per heavy atom. The highest BCUT2D eigenvalue weighted by Gasteiger charge is 2.13. The second-order valence-corrected chi connectivity index (χ2v) is 6.81. The molecule has 0 saturated carbocycles. The van der Waals surface area contributed by atoms with Crippen LogP contribution >= 0.6 is 11.3 Å². The van der Waals surface area contributed by atoms with Gasteiger partial charge in [0.1, 0.15) is 11.4 Å². The highest BCUT2D eigenvalue weighted by molar-refractivity contribution is 7.13. The van der Waals surface area contributed by atoms with Crippen molar-refractivity contribution < 1.29 is 13.5 Å². The first-order valence-corrected chi connectivity index (χ1v) is 9.07. The number of thiophene rings is 1. The van der Waals surface area contributed by atoms with Gasteiger partial charge >= 0.3 is 6.61 Å². The number of aromatic nitrogens is 2. The number of rotatable bonds is 5. The molecule has 0 aliphatic carbocycles. The van der Waals surface area contributed by atoms with Crippen LogP contribution in [0.15, 0.2) is 70.8 Å². The van der Waals surface area contributed by atoms with Crippen LogP contribution in [-0.2, 0) is 6.54 Å². The normalized spacial score (nSPS) is 11.2. The van der Waals surface area contributed by atoms with Gasteiger partial charge in [-0.2, -0.15) is 13.9 Å². The van der Waals surface area contributed by atoms with Gasteiger partial charge in [0.25, 0.3) is 5.56 Å². The number of halogens is 2. The minimum absolute atomic E-state index is 0.0508. The van der Waals surface area contributed by atoms with E-state index in [0.717, 1.165) is 16.0 Å². The fourth-order valence-corrected chi connectivity index (χ4v) is 3.65. The summed E-state index contributed by atoms with van der Waals surface area (Å²) in [5, 5.41) is 7.86. The molecule has 27 heavy (non-hydrogen) atoms. The lowest BCUT2D eigenvalue weighted by atomic mass is 10.1. The maximum Gasteiger partial charge on any atom is 0.387 e. The van der Waals surface area contributed by atoms with Gasteiger partial charge in [-0.1, -0.05) is 36.4 Å². The van der Waals surface area contributed by atoms with Gasteiger partial charge in [0, 0.05) is 5.39 Å². The molecule has 0 saturated heterocycles. The van der Waals surface area contributed by atoms with E-state index in [-0.39, 0.29) is 17.9 Å². The summed E-state index contributed by atoms with van der Waals surface area (Å²) in [7, 11) is 0. The summed E-state index contributed by atoms with van der Waals surface area (Å²) in [6.07, 6.45) is 0. The Hall–Kier alpha value is -3.06. The summed E-state index contributed by atoms with van der Waals surface area (Å²) >= 11 is 1.54. The zero-order valence-corrected chi connectivity index (χ0v) is 14.8. The molecule has 0 radical (unpaired) electrons. The monoisotopic (exact) mass is 384 g/mol. The van der Waals surface area contributed by atoms with Crippen molar-refractivity contribution in [1.82, 2.24) is 9.78 Å². The number of alkyl halides is 2. The molecule has 2 aromatic heterocycles. The van der Waals surface area contributed by atoms with Crippen molar-refractivity contribution in [2.75, 3.05) is 0 Å². The van der Waals surface area contributed by atoms with Gasteiger partial charge in [0.05, 0.1) is 16.8 Å². The van der Waals surface area contributed by atoms with Crippen LogP contribution in [0.5, 0.6) is 5.75 Å². The van der Waals surface area contributed by atoms with Crippen molar-refractivity contribution in [3.63, 3.8) is 0 Å². The van der Waals surface area contributed by atoms with Crippen molar-refractivity contribution in [3.8, 4) is 16.3 Å². The molecule has 4 rings (SSSR count). The van der Waals surface area contributed by atoms with Crippen LogP contribution < -0.4 is 10.3 Å². The molecule has 136 valence electrons. The first kappa shape index (κ1) is 17.4. The van der Waals surface area contributed by atoms with Crippen LogP contribution in [0.3, 0.4) is 0 Å². The van der Waals surface area contributed by atoms with E-state index in [0.29, 0.717) is 10.9 Å². The summed E-state index contributed by atoms with van der Waals surface area (Å²) < 4.78 is 30.7. The van der Waals surface area contributed by atoms with Gasteiger partial charge in [-0.15, -0.1) is 11.3 Å². The van der Waals surface area contributed by atoms with E-state index < -0.39 is 6.61 Å². The number of nitrogens with zero attached hydrogens (tertiary/aromatic N) is 2. The highest BCUT2D eigenvalue weighted by atomic mass is 32.1. The van der Waals surface area contributed by atoms with E-state index in [1.807, 2.05) is 35.7 Å². The molecule has 0 aliphatic rings. The molecule has 0 spiro atoms. The van der Waals surface area contributed by atoms with Gasteiger partial charge in [-0.05, 0) is 35.2 Å². The Balaban J connectivity index is 1.81. The molecule has 2 aromatic carbocycles. The molecule has 2 heterocycles. The number of fused-ring (bicyclic) bond motifs is 1. The third-order valence-corrected chi connectivity index (χ3v) is 4.95. The fourth-order valence-electron chi connectivity index (χ4n) is 2.93. The lowest BCUT2D eigenvalue weighted by Gasteiger charge is -2.11. The zero-order valence-electron chi connectivity index (χ0n) is 14.0. The van der Waals surface area contributed by atoms with E-state index >= 15 is 0 Å². The van der Waals surface area contributed by atoms with Gasteiger partial charge < -0.3 is 4.74 Å². The van der Waals surface area contributed by atoms with Crippen LogP contribution in [0.1, 0.15) is 5.56 Å². The van der Waals surface area contributed by atoms with Crippen LogP contribution in [0.4, 0.5) is 8.78 Å². The first-order chi connectivity index (χ1) is 13.1. The fraction of sp³-hybridized carbons (Fsp3) is 0.100. The Morgan fingerprint density at radius 2 is 1.85 bits per heavy atom. The third-order valence-electron chi connectivity index (χ3n) is 4.08. The molecular weight excluding hydrogens is 370 g/mol. The summed E-state index contributed by atoms with van der Waals surface area (Å²) in [4.78, 5) is 13.8. The van der Waals surface area contributed by atoms with E-state index in [1.54, 1.807) is 18.2 Å². The minimum atomic E-state index is -2.90. The molecular formula is C20H14F2N2O2S. The highest BCUT2D eigenvalue weighted by Crippen LogP contribution is 2.28. The first-order valence-electron chi connectivity index (χ1n) is 8.19. The van der Waals surface area contributed by atoms with Gasteiger partial charge in [-0.25, -0.2) is 4.68 Å². The standard InChI is InChI=1S/C20H14F2N2O2S/c21-20(22)26-14-6-3-5-13(11-14)12-24-19(25)16-8-2-1-7-15(16)18(23-24)17-9-4-10-27-17/h1-11,20H,12H2. The predicted octanol–water partition coefficient (Wildman–Crippen LogP) is 4.77. The van der Waals surface area contributed by atoms with Crippen molar-refractivity contribution in [2.24, 2.45) is 0 Å². The van der Waals surface area contributed by atoms with E-state index in [4.69, 9.17) is 0 Å². The summed E-state index contributed by atoms with van der Waals surface area (Å²) in [5.41, 5.74) is 1.14.